The van der Waals surface area contributed by atoms with Crippen LogP contribution in [-0.2, 0) is 17.6 Å². The predicted molar refractivity (Wildman–Crippen MR) is 131 cm³/mol. The van der Waals surface area contributed by atoms with Gasteiger partial charge in [-0.2, -0.15) is 0 Å². The maximum Gasteiger partial charge on any atom is 0.142 e. The fourth-order valence-corrected chi connectivity index (χ4v) is 5.48. The van der Waals surface area contributed by atoms with Gasteiger partial charge >= 0.3 is 0 Å². The van der Waals surface area contributed by atoms with Crippen LogP contribution < -0.4 is 0 Å². The first-order valence-corrected chi connectivity index (χ1v) is 12.4. The van der Waals surface area contributed by atoms with Crippen LogP contribution in [-0.4, -0.2) is 20.5 Å². The second-order valence-electron chi connectivity index (χ2n) is 7.67. The second-order valence-corrected chi connectivity index (χ2v) is 9.72. The molecule has 0 bridgehead atoms. The molecule has 0 radical (unpaired) electrons. The fraction of sp³-hybridized carbons (Fsp3) is 0.231. The molecule has 0 saturated heterocycles. The third-order valence-corrected chi connectivity index (χ3v) is 7.40. The van der Waals surface area contributed by atoms with E-state index in [0.717, 1.165) is 23.5 Å². The Morgan fingerprint density at radius 3 is 2.45 bits per heavy atom. The summed E-state index contributed by atoms with van der Waals surface area (Å²) in [5.74, 6) is 1.34. The van der Waals surface area contributed by atoms with Gasteiger partial charge in [0, 0.05) is 35.4 Å². The largest absolute Gasteiger partial charge is 0.299 e. The van der Waals surface area contributed by atoms with Crippen molar-refractivity contribution in [3.8, 4) is 0 Å². The third kappa shape index (κ3) is 6.42. The molecule has 4 rings (SSSR count). The Hall–Kier alpha value is -2.63. The second kappa shape index (κ2) is 11.1. The Kier molecular flexibility index (Phi) is 7.75. The van der Waals surface area contributed by atoms with Gasteiger partial charge in [-0.15, -0.1) is 11.3 Å². The molecule has 2 heterocycles. The van der Waals surface area contributed by atoms with Gasteiger partial charge in [0.05, 0.1) is 0 Å². The van der Waals surface area contributed by atoms with Crippen molar-refractivity contribution in [3.05, 3.63) is 113 Å². The van der Waals surface area contributed by atoms with Crippen molar-refractivity contribution < 1.29 is 4.79 Å². The molecule has 3 nitrogen and oxygen atoms in total. The Balaban J connectivity index is 1.54. The van der Waals surface area contributed by atoms with Gasteiger partial charge in [-0.1, -0.05) is 66.7 Å². The number of thiophene rings is 1. The highest BCUT2D eigenvalue weighted by Crippen LogP contribution is 2.31. The molecular formula is C26H26N2OS2. The smallest absolute Gasteiger partial charge is 0.142 e. The van der Waals surface area contributed by atoms with Crippen LogP contribution in [0, 0.1) is 5.92 Å². The summed E-state index contributed by atoms with van der Waals surface area (Å²) >= 11 is 3.32. The zero-order chi connectivity index (χ0) is 21.3. The zero-order valence-electron chi connectivity index (χ0n) is 17.3. The molecule has 0 fully saturated rings. The Morgan fingerprint density at radius 1 is 1.00 bits per heavy atom. The average Bonchev–Trinajstić information content (AvgIpc) is 3.51. The SMILES string of the molecule is O=C(Cc1cccs1)C(CSn1ccnc1)CC(Cc1ccccc1)c1ccccc1. The molecule has 158 valence electrons. The van der Waals surface area contributed by atoms with Crippen LogP contribution in [0.5, 0.6) is 0 Å². The summed E-state index contributed by atoms with van der Waals surface area (Å²) in [7, 11) is 0. The number of ketones is 1. The summed E-state index contributed by atoms with van der Waals surface area (Å²) in [6, 6.07) is 25.3. The molecule has 0 aliphatic heterocycles. The van der Waals surface area contributed by atoms with Crippen LogP contribution in [0.15, 0.2) is 96.9 Å². The Labute approximate surface area is 192 Å². The van der Waals surface area contributed by atoms with E-state index in [1.54, 1.807) is 35.8 Å². The minimum absolute atomic E-state index is 0.0246. The van der Waals surface area contributed by atoms with Gasteiger partial charge in [0.25, 0.3) is 0 Å². The van der Waals surface area contributed by atoms with E-state index < -0.39 is 0 Å². The number of Topliss-reactive ketones (excluding diaryl/α,β-unsaturated/α-hetero) is 1. The van der Waals surface area contributed by atoms with Crippen LogP contribution in [0.2, 0.25) is 0 Å². The van der Waals surface area contributed by atoms with Crippen molar-refractivity contribution in [1.82, 2.24) is 8.96 Å². The van der Waals surface area contributed by atoms with Gasteiger partial charge in [0.15, 0.2) is 0 Å². The van der Waals surface area contributed by atoms with Gasteiger partial charge in [-0.3, -0.25) is 8.77 Å². The van der Waals surface area contributed by atoms with Crippen molar-refractivity contribution in [2.24, 2.45) is 5.92 Å². The van der Waals surface area contributed by atoms with Crippen LogP contribution in [0.4, 0.5) is 0 Å². The maximum atomic E-state index is 13.4. The van der Waals surface area contributed by atoms with E-state index in [-0.39, 0.29) is 5.92 Å². The molecule has 2 unspecified atom stereocenters. The van der Waals surface area contributed by atoms with Gasteiger partial charge in [-0.25, -0.2) is 4.98 Å². The molecule has 2 aromatic carbocycles. The summed E-state index contributed by atoms with van der Waals surface area (Å²) in [6.07, 6.45) is 7.79. The molecule has 0 amide bonds. The lowest BCUT2D eigenvalue weighted by atomic mass is 9.83. The molecule has 0 spiro atoms. The third-order valence-electron chi connectivity index (χ3n) is 5.45. The summed E-state index contributed by atoms with van der Waals surface area (Å²) in [5, 5.41) is 2.04. The number of nitrogens with zero attached hydrogens (tertiary/aromatic N) is 2. The molecule has 2 atom stereocenters. The van der Waals surface area contributed by atoms with Crippen molar-refractivity contribution in [2.45, 2.75) is 25.2 Å². The number of carbonyl (C=O) groups excluding carboxylic acids is 1. The molecule has 2 aromatic heterocycles. The number of rotatable bonds is 11. The molecule has 31 heavy (non-hydrogen) atoms. The zero-order valence-corrected chi connectivity index (χ0v) is 19.0. The number of hydrogen-bond donors (Lipinski definition) is 0. The van der Waals surface area contributed by atoms with Gasteiger partial charge < -0.3 is 0 Å². The fourth-order valence-electron chi connectivity index (χ4n) is 3.83. The van der Waals surface area contributed by atoms with E-state index in [1.807, 2.05) is 21.6 Å². The van der Waals surface area contributed by atoms with Crippen LogP contribution in [0.3, 0.4) is 0 Å². The molecule has 0 aliphatic rings. The molecule has 0 saturated carbocycles. The minimum Gasteiger partial charge on any atom is -0.299 e. The van der Waals surface area contributed by atoms with E-state index >= 15 is 0 Å². The Morgan fingerprint density at radius 2 is 1.77 bits per heavy atom. The van der Waals surface area contributed by atoms with Crippen LogP contribution in [0.25, 0.3) is 0 Å². The van der Waals surface area contributed by atoms with E-state index in [2.05, 4.69) is 71.7 Å². The van der Waals surface area contributed by atoms with Crippen molar-refractivity contribution >= 4 is 29.1 Å². The Bertz CT molecular complexity index is 1030. The lowest BCUT2D eigenvalue weighted by molar-refractivity contribution is -0.121. The molecular weight excluding hydrogens is 420 g/mol. The van der Waals surface area contributed by atoms with Crippen LogP contribution >= 0.6 is 23.3 Å². The van der Waals surface area contributed by atoms with E-state index in [1.165, 1.54) is 11.1 Å². The van der Waals surface area contributed by atoms with Crippen molar-refractivity contribution in [1.29, 1.82) is 0 Å². The number of benzene rings is 2. The molecule has 5 heteroatoms. The quantitative estimate of drug-likeness (QED) is 0.272. The lowest BCUT2D eigenvalue weighted by Crippen LogP contribution is -2.23. The summed E-state index contributed by atoms with van der Waals surface area (Å²) in [4.78, 5) is 18.6. The van der Waals surface area contributed by atoms with Crippen molar-refractivity contribution in [2.75, 3.05) is 5.75 Å². The lowest BCUT2D eigenvalue weighted by Gasteiger charge is -2.23. The average molecular weight is 447 g/mol. The first-order chi connectivity index (χ1) is 15.3. The standard InChI is InChI=1S/C26H26N2OS2/c29-26(18-25-12-7-15-30-25)24(19-31-28-14-13-27-20-28)17-23(22-10-5-2-6-11-22)16-21-8-3-1-4-9-21/h1-15,20,23-24H,16-19H2. The van der Waals surface area contributed by atoms with E-state index in [4.69, 9.17) is 0 Å². The molecule has 0 N–H and O–H groups in total. The summed E-state index contributed by atoms with van der Waals surface area (Å²) in [6.45, 7) is 0. The first-order valence-electron chi connectivity index (χ1n) is 10.5. The topological polar surface area (TPSA) is 34.9 Å². The number of carbonyl (C=O) groups is 1. The number of imidazole rings is 1. The highest BCUT2D eigenvalue weighted by Gasteiger charge is 2.25. The maximum absolute atomic E-state index is 13.4. The number of hydrogen-bond acceptors (Lipinski definition) is 4. The van der Waals surface area contributed by atoms with E-state index in [0.29, 0.717) is 18.1 Å². The van der Waals surface area contributed by atoms with Gasteiger partial charge in [-0.05, 0) is 53.3 Å². The first kappa shape index (κ1) is 21.6. The molecule has 4 aromatic rings. The highest BCUT2D eigenvalue weighted by molar-refractivity contribution is 7.97. The van der Waals surface area contributed by atoms with E-state index in [9.17, 15) is 4.79 Å². The minimum atomic E-state index is -0.0246. The van der Waals surface area contributed by atoms with Crippen LogP contribution in [0.1, 0.15) is 28.3 Å². The normalized spacial score (nSPS) is 13.0. The van der Waals surface area contributed by atoms with Crippen molar-refractivity contribution in [3.63, 3.8) is 0 Å². The molecule has 0 aliphatic carbocycles. The van der Waals surface area contributed by atoms with Gasteiger partial charge in [0.2, 0.25) is 0 Å². The summed E-state index contributed by atoms with van der Waals surface area (Å²) < 4.78 is 1.99. The predicted octanol–water partition coefficient (Wildman–Crippen LogP) is 6.29. The monoisotopic (exact) mass is 446 g/mol. The highest BCUT2D eigenvalue weighted by atomic mass is 32.2. The summed E-state index contributed by atoms with van der Waals surface area (Å²) in [5.41, 5.74) is 2.61. The number of aromatic nitrogens is 2. The van der Waals surface area contributed by atoms with Gasteiger partial charge in [0.1, 0.15) is 12.1 Å².